The van der Waals surface area contributed by atoms with Crippen LogP contribution in [0.3, 0.4) is 0 Å². The van der Waals surface area contributed by atoms with E-state index >= 15 is 0 Å². The minimum atomic E-state index is 0.0486. The second-order valence-electron chi connectivity index (χ2n) is 5.05. The number of likely N-dealkylation sites (N-methyl/N-ethyl adjacent to an activating group) is 1. The Hall–Kier alpha value is -1.26. The molecule has 0 saturated carbocycles. The summed E-state index contributed by atoms with van der Waals surface area (Å²) >= 11 is 6.01. The quantitative estimate of drug-likeness (QED) is 0.902. The van der Waals surface area contributed by atoms with Crippen molar-refractivity contribution in [2.75, 3.05) is 39.0 Å². The fourth-order valence-corrected chi connectivity index (χ4v) is 2.68. The molecule has 0 spiro atoms. The molecule has 2 rings (SSSR count). The van der Waals surface area contributed by atoms with Gasteiger partial charge < -0.3 is 15.1 Å². The van der Waals surface area contributed by atoms with E-state index in [4.69, 9.17) is 11.6 Å². The predicted octanol–water partition coefficient (Wildman–Crippen LogP) is 2.16. The highest BCUT2D eigenvalue weighted by atomic mass is 35.5. The van der Waals surface area contributed by atoms with Crippen LogP contribution in [-0.4, -0.2) is 55.5 Å². The van der Waals surface area contributed by atoms with Crippen molar-refractivity contribution in [3.05, 3.63) is 28.8 Å². The summed E-state index contributed by atoms with van der Waals surface area (Å²) in [6.45, 7) is 4.65. The van der Waals surface area contributed by atoms with E-state index in [0.717, 1.165) is 25.3 Å². The van der Waals surface area contributed by atoms with Crippen molar-refractivity contribution in [1.82, 2.24) is 9.80 Å². The van der Waals surface area contributed by atoms with Crippen molar-refractivity contribution < 1.29 is 4.79 Å². The first-order chi connectivity index (χ1) is 9.02. The van der Waals surface area contributed by atoms with Crippen molar-refractivity contribution in [3.63, 3.8) is 0 Å². The Balaban J connectivity index is 2.26. The van der Waals surface area contributed by atoms with Gasteiger partial charge in [0, 0.05) is 43.4 Å². The summed E-state index contributed by atoms with van der Waals surface area (Å²) in [6.07, 6.45) is 0. The summed E-state index contributed by atoms with van der Waals surface area (Å²) in [7, 11) is 3.89. The Morgan fingerprint density at radius 2 is 2.16 bits per heavy atom. The van der Waals surface area contributed by atoms with Gasteiger partial charge in [-0.3, -0.25) is 4.79 Å². The average molecular weight is 282 g/mol. The molecular formula is C14H20ClN3O. The lowest BCUT2D eigenvalue weighted by Crippen LogP contribution is -2.52. The number of carbonyl (C=O) groups is 1. The molecule has 0 bridgehead atoms. The van der Waals surface area contributed by atoms with Crippen LogP contribution in [-0.2, 0) is 0 Å². The van der Waals surface area contributed by atoms with Crippen molar-refractivity contribution in [2.24, 2.45) is 0 Å². The van der Waals surface area contributed by atoms with Gasteiger partial charge in [-0.15, -0.1) is 0 Å². The van der Waals surface area contributed by atoms with Crippen molar-refractivity contribution in [3.8, 4) is 0 Å². The zero-order valence-electron chi connectivity index (χ0n) is 11.6. The minimum Gasteiger partial charge on any atom is -0.387 e. The monoisotopic (exact) mass is 281 g/mol. The van der Waals surface area contributed by atoms with Gasteiger partial charge in [0.05, 0.1) is 5.56 Å². The lowest BCUT2D eigenvalue weighted by Gasteiger charge is -2.38. The van der Waals surface area contributed by atoms with E-state index in [0.29, 0.717) is 10.6 Å². The molecule has 1 saturated heterocycles. The highest BCUT2D eigenvalue weighted by molar-refractivity contribution is 6.31. The standard InChI is InChI=1S/C14H20ClN3O/c1-10-9-17(3)6-7-18(10)14(19)12-8-11(15)4-5-13(12)16-2/h4-5,8,10,16H,6-7,9H2,1-3H3. The van der Waals surface area contributed by atoms with E-state index in [-0.39, 0.29) is 11.9 Å². The smallest absolute Gasteiger partial charge is 0.256 e. The van der Waals surface area contributed by atoms with Crippen LogP contribution in [0.2, 0.25) is 5.02 Å². The number of carbonyl (C=O) groups excluding carboxylic acids is 1. The second kappa shape index (κ2) is 5.80. The highest BCUT2D eigenvalue weighted by Crippen LogP contribution is 2.23. The molecule has 1 heterocycles. The topological polar surface area (TPSA) is 35.6 Å². The van der Waals surface area contributed by atoms with Gasteiger partial charge in [-0.25, -0.2) is 0 Å². The van der Waals surface area contributed by atoms with Gasteiger partial charge in [-0.1, -0.05) is 11.6 Å². The molecule has 1 aliphatic heterocycles. The first-order valence-corrected chi connectivity index (χ1v) is 6.87. The van der Waals surface area contributed by atoms with Crippen molar-refractivity contribution in [2.45, 2.75) is 13.0 Å². The van der Waals surface area contributed by atoms with Gasteiger partial charge >= 0.3 is 0 Å². The highest BCUT2D eigenvalue weighted by Gasteiger charge is 2.27. The van der Waals surface area contributed by atoms with Crippen LogP contribution in [0, 0.1) is 0 Å². The Kier molecular flexibility index (Phi) is 4.32. The fraction of sp³-hybridized carbons (Fsp3) is 0.500. The molecule has 1 aromatic rings. The molecule has 1 amide bonds. The van der Waals surface area contributed by atoms with E-state index in [1.807, 2.05) is 18.0 Å². The molecule has 0 radical (unpaired) electrons. The van der Waals surface area contributed by atoms with Crippen molar-refractivity contribution in [1.29, 1.82) is 0 Å². The van der Waals surface area contributed by atoms with Crippen LogP contribution in [0.25, 0.3) is 0 Å². The number of rotatable bonds is 2. The third kappa shape index (κ3) is 3.01. The van der Waals surface area contributed by atoms with Crippen molar-refractivity contribution >= 4 is 23.2 Å². The first kappa shape index (κ1) is 14.2. The summed E-state index contributed by atoms with van der Waals surface area (Å²) < 4.78 is 0. The zero-order chi connectivity index (χ0) is 14.0. The Morgan fingerprint density at radius 1 is 1.42 bits per heavy atom. The number of hydrogen-bond donors (Lipinski definition) is 1. The molecular weight excluding hydrogens is 262 g/mol. The summed E-state index contributed by atoms with van der Waals surface area (Å²) in [6, 6.07) is 5.59. The number of amides is 1. The molecule has 1 fully saturated rings. The van der Waals surface area contributed by atoms with Crippen LogP contribution in [0.15, 0.2) is 18.2 Å². The summed E-state index contributed by atoms with van der Waals surface area (Å²) in [5.41, 5.74) is 1.46. The van der Waals surface area contributed by atoms with Gasteiger partial charge in [0.15, 0.2) is 0 Å². The van der Waals surface area contributed by atoms with E-state index in [2.05, 4.69) is 24.2 Å². The number of hydrogen-bond acceptors (Lipinski definition) is 3. The Morgan fingerprint density at radius 3 is 2.79 bits per heavy atom. The maximum absolute atomic E-state index is 12.7. The molecule has 0 aromatic heterocycles. The first-order valence-electron chi connectivity index (χ1n) is 6.49. The van der Waals surface area contributed by atoms with Crippen LogP contribution < -0.4 is 5.32 Å². The van der Waals surface area contributed by atoms with E-state index < -0.39 is 0 Å². The number of benzene rings is 1. The predicted molar refractivity (Wildman–Crippen MR) is 79.0 cm³/mol. The SMILES string of the molecule is CNc1ccc(Cl)cc1C(=O)N1CCN(C)CC1C. The number of anilines is 1. The van der Waals surface area contributed by atoms with E-state index in [9.17, 15) is 4.79 Å². The summed E-state index contributed by atoms with van der Waals surface area (Å²) in [5.74, 6) is 0.0486. The average Bonchev–Trinajstić information content (AvgIpc) is 2.38. The van der Waals surface area contributed by atoms with Gasteiger partial charge in [-0.05, 0) is 32.2 Å². The number of nitrogens with one attached hydrogen (secondary N) is 1. The molecule has 1 atom stereocenters. The third-order valence-corrected chi connectivity index (χ3v) is 3.81. The maximum Gasteiger partial charge on any atom is 0.256 e. The largest absolute Gasteiger partial charge is 0.387 e. The maximum atomic E-state index is 12.7. The summed E-state index contributed by atoms with van der Waals surface area (Å²) in [5, 5.41) is 3.64. The minimum absolute atomic E-state index is 0.0486. The normalized spacial score (nSPS) is 20.4. The van der Waals surface area contributed by atoms with Crippen LogP contribution in [0.5, 0.6) is 0 Å². The molecule has 104 valence electrons. The summed E-state index contributed by atoms with van der Waals surface area (Å²) in [4.78, 5) is 16.8. The zero-order valence-corrected chi connectivity index (χ0v) is 12.4. The van der Waals surface area contributed by atoms with Crippen LogP contribution in [0.4, 0.5) is 5.69 Å². The van der Waals surface area contributed by atoms with E-state index in [1.54, 1.807) is 12.1 Å². The molecule has 1 unspecified atom stereocenters. The van der Waals surface area contributed by atoms with Crippen LogP contribution in [0.1, 0.15) is 17.3 Å². The lowest BCUT2D eigenvalue weighted by molar-refractivity contribution is 0.0534. The molecule has 1 aromatic carbocycles. The Labute approximate surface area is 119 Å². The Bertz CT molecular complexity index is 478. The number of piperazine rings is 1. The van der Waals surface area contributed by atoms with Gasteiger partial charge in [-0.2, -0.15) is 0 Å². The number of nitrogens with zero attached hydrogens (tertiary/aromatic N) is 2. The molecule has 19 heavy (non-hydrogen) atoms. The van der Waals surface area contributed by atoms with Gasteiger partial charge in [0.1, 0.15) is 0 Å². The lowest BCUT2D eigenvalue weighted by atomic mass is 10.1. The van der Waals surface area contributed by atoms with Gasteiger partial charge in [0.2, 0.25) is 0 Å². The van der Waals surface area contributed by atoms with E-state index in [1.165, 1.54) is 0 Å². The molecule has 4 nitrogen and oxygen atoms in total. The fourth-order valence-electron chi connectivity index (χ4n) is 2.51. The van der Waals surface area contributed by atoms with Gasteiger partial charge in [0.25, 0.3) is 5.91 Å². The third-order valence-electron chi connectivity index (χ3n) is 3.57. The molecule has 0 aliphatic carbocycles. The number of halogens is 1. The van der Waals surface area contributed by atoms with Crippen LogP contribution >= 0.6 is 11.6 Å². The molecule has 5 heteroatoms. The second-order valence-corrected chi connectivity index (χ2v) is 5.49. The molecule has 1 aliphatic rings. The molecule has 1 N–H and O–H groups in total.